The molecular formula is C7H11ClN2. The average molecular weight is 159 g/mol. The lowest BCUT2D eigenvalue weighted by atomic mass is 10.1. The number of likely N-dealkylation sites (N-methyl/N-ethyl adjacent to an activating group) is 1. The Morgan fingerprint density at radius 2 is 2.40 bits per heavy atom. The molecule has 10 heavy (non-hydrogen) atoms. The van der Waals surface area contributed by atoms with Gasteiger partial charge in [0.2, 0.25) is 0 Å². The van der Waals surface area contributed by atoms with Gasteiger partial charge >= 0.3 is 0 Å². The summed E-state index contributed by atoms with van der Waals surface area (Å²) >= 11 is 5.77. The van der Waals surface area contributed by atoms with E-state index in [1.54, 1.807) is 0 Å². The van der Waals surface area contributed by atoms with Gasteiger partial charge in [0.05, 0.1) is 0 Å². The van der Waals surface area contributed by atoms with Gasteiger partial charge in [-0.25, -0.2) is 0 Å². The van der Waals surface area contributed by atoms with Gasteiger partial charge in [0.15, 0.2) is 0 Å². The summed E-state index contributed by atoms with van der Waals surface area (Å²) in [5.74, 6) is 0. The minimum absolute atomic E-state index is 0.189. The molecule has 0 aromatic carbocycles. The molecule has 0 bridgehead atoms. The number of hydrogen-bond donors (Lipinski definition) is 2. The average Bonchev–Trinajstić information content (AvgIpc) is 1.88. The van der Waals surface area contributed by atoms with Crippen molar-refractivity contribution in [2.45, 2.75) is 12.6 Å². The molecule has 2 N–H and O–H groups in total. The fraction of sp³-hybridized carbons (Fsp3) is 0.429. The van der Waals surface area contributed by atoms with E-state index in [2.05, 4.69) is 10.6 Å². The smallest absolute Gasteiger partial charge is 0.106 e. The van der Waals surface area contributed by atoms with Crippen molar-refractivity contribution in [1.82, 2.24) is 10.6 Å². The number of hydrogen-bond acceptors (Lipinski definition) is 2. The third-order valence-corrected chi connectivity index (χ3v) is 1.81. The molecule has 0 spiro atoms. The maximum atomic E-state index is 5.77. The van der Waals surface area contributed by atoms with Gasteiger partial charge in [-0.3, -0.25) is 5.32 Å². The summed E-state index contributed by atoms with van der Waals surface area (Å²) in [4.78, 5) is 0. The molecule has 1 unspecified atom stereocenters. The van der Waals surface area contributed by atoms with Crippen molar-refractivity contribution in [3.8, 4) is 0 Å². The molecule has 0 fully saturated rings. The first-order valence-electron chi connectivity index (χ1n) is 3.18. The fourth-order valence-electron chi connectivity index (χ4n) is 0.804. The number of rotatable bonds is 1. The Bertz CT molecular complexity index is 186. The summed E-state index contributed by atoms with van der Waals surface area (Å²) < 4.78 is 0. The first kappa shape index (κ1) is 7.63. The van der Waals surface area contributed by atoms with Gasteiger partial charge in [-0.05, 0) is 32.3 Å². The van der Waals surface area contributed by atoms with E-state index in [1.165, 1.54) is 0 Å². The number of dihydropyridines is 1. The highest BCUT2D eigenvalue weighted by Gasteiger charge is 2.18. The first-order valence-corrected chi connectivity index (χ1v) is 3.55. The molecule has 0 aliphatic carbocycles. The van der Waals surface area contributed by atoms with Crippen LogP contribution in [0, 0.1) is 0 Å². The molecule has 0 aromatic heterocycles. The molecule has 3 heteroatoms. The van der Waals surface area contributed by atoms with Gasteiger partial charge in [0.25, 0.3) is 0 Å². The summed E-state index contributed by atoms with van der Waals surface area (Å²) in [5.41, 5.74) is -0.189. The van der Waals surface area contributed by atoms with Gasteiger partial charge in [0, 0.05) is 5.03 Å². The van der Waals surface area contributed by atoms with E-state index < -0.39 is 0 Å². The molecule has 1 aliphatic heterocycles. The second-order valence-electron chi connectivity index (χ2n) is 2.46. The van der Waals surface area contributed by atoms with Crippen LogP contribution in [0.4, 0.5) is 0 Å². The van der Waals surface area contributed by atoms with Crippen LogP contribution in [0.3, 0.4) is 0 Å². The Morgan fingerprint density at radius 3 is 2.80 bits per heavy atom. The molecule has 0 saturated carbocycles. The van der Waals surface area contributed by atoms with Crippen molar-refractivity contribution < 1.29 is 0 Å². The summed E-state index contributed by atoms with van der Waals surface area (Å²) in [6.45, 7) is 2.01. The Morgan fingerprint density at radius 1 is 1.70 bits per heavy atom. The van der Waals surface area contributed by atoms with Crippen molar-refractivity contribution in [3.63, 3.8) is 0 Å². The second kappa shape index (κ2) is 2.64. The first-order chi connectivity index (χ1) is 4.66. The molecule has 0 saturated heterocycles. The zero-order valence-corrected chi connectivity index (χ0v) is 6.87. The molecule has 2 nitrogen and oxygen atoms in total. The fourth-order valence-corrected chi connectivity index (χ4v) is 1.09. The molecule has 1 rings (SSSR count). The molecule has 1 atom stereocenters. The minimum atomic E-state index is -0.189. The summed E-state index contributed by atoms with van der Waals surface area (Å²) in [5, 5.41) is 6.97. The van der Waals surface area contributed by atoms with Crippen LogP contribution in [0.2, 0.25) is 0 Å². The molecule has 1 aliphatic rings. The Kier molecular flexibility index (Phi) is 2.02. The summed E-state index contributed by atoms with van der Waals surface area (Å²) in [7, 11) is 1.88. The maximum absolute atomic E-state index is 5.77. The van der Waals surface area contributed by atoms with E-state index in [-0.39, 0.29) is 5.66 Å². The highest BCUT2D eigenvalue weighted by molar-refractivity contribution is 6.31. The standard InChI is InChI=1S/C7H11ClN2/c1-7(9-2)5-6(8)3-4-10-7/h3-5,9-10H,1-2H3. The third-order valence-electron chi connectivity index (χ3n) is 1.57. The predicted molar refractivity (Wildman–Crippen MR) is 43.7 cm³/mol. The molecule has 0 aromatic rings. The highest BCUT2D eigenvalue weighted by atomic mass is 35.5. The van der Waals surface area contributed by atoms with Crippen LogP contribution in [-0.4, -0.2) is 12.7 Å². The van der Waals surface area contributed by atoms with Crippen LogP contribution >= 0.6 is 11.6 Å². The summed E-state index contributed by atoms with van der Waals surface area (Å²) in [6, 6.07) is 0. The minimum Gasteiger partial charge on any atom is -0.370 e. The van der Waals surface area contributed by atoms with Gasteiger partial charge in [-0.15, -0.1) is 0 Å². The van der Waals surface area contributed by atoms with Crippen LogP contribution < -0.4 is 10.6 Å². The zero-order valence-electron chi connectivity index (χ0n) is 6.11. The van der Waals surface area contributed by atoms with E-state index in [0.717, 1.165) is 5.03 Å². The Labute approximate surface area is 65.9 Å². The zero-order chi connectivity index (χ0) is 7.61. The second-order valence-corrected chi connectivity index (χ2v) is 2.90. The SMILES string of the molecule is CNC1(C)C=C(Cl)C=CN1. The van der Waals surface area contributed by atoms with E-state index in [1.807, 2.05) is 32.3 Å². The quantitative estimate of drug-likeness (QED) is 0.599. The highest BCUT2D eigenvalue weighted by Crippen LogP contribution is 2.14. The lowest BCUT2D eigenvalue weighted by Gasteiger charge is -2.28. The van der Waals surface area contributed by atoms with E-state index in [4.69, 9.17) is 11.6 Å². The molecule has 1 heterocycles. The van der Waals surface area contributed by atoms with Crippen LogP contribution in [0.25, 0.3) is 0 Å². The van der Waals surface area contributed by atoms with Crippen molar-refractivity contribution in [3.05, 3.63) is 23.4 Å². The van der Waals surface area contributed by atoms with Crippen LogP contribution in [-0.2, 0) is 0 Å². The lowest BCUT2D eigenvalue weighted by Crippen LogP contribution is -2.49. The van der Waals surface area contributed by atoms with E-state index in [9.17, 15) is 0 Å². The normalized spacial score (nSPS) is 31.3. The van der Waals surface area contributed by atoms with Crippen molar-refractivity contribution in [2.75, 3.05) is 7.05 Å². The largest absolute Gasteiger partial charge is 0.370 e. The molecular weight excluding hydrogens is 148 g/mol. The van der Waals surface area contributed by atoms with E-state index >= 15 is 0 Å². The van der Waals surface area contributed by atoms with Crippen LogP contribution in [0.5, 0.6) is 0 Å². The number of halogens is 1. The lowest BCUT2D eigenvalue weighted by molar-refractivity contribution is 0.425. The monoisotopic (exact) mass is 158 g/mol. The third kappa shape index (κ3) is 1.52. The van der Waals surface area contributed by atoms with Crippen LogP contribution in [0.15, 0.2) is 23.4 Å². The van der Waals surface area contributed by atoms with Crippen molar-refractivity contribution in [1.29, 1.82) is 0 Å². The topological polar surface area (TPSA) is 24.1 Å². The van der Waals surface area contributed by atoms with Crippen molar-refractivity contribution >= 4 is 11.6 Å². The van der Waals surface area contributed by atoms with E-state index in [0.29, 0.717) is 0 Å². The van der Waals surface area contributed by atoms with Crippen molar-refractivity contribution in [2.24, 2.45) is 0 Å². The number of allylic oxidation sites excluding steroid dienone is 2. The Hall–Kier alpha value is -0.470. The maximum Gasteiger partial charge on any atom is 0.106 e. The van der Waals surface area contributed by atoms with Crippen LogP contribution in [0.1, 0.15) is 6.92 Å². The van der Waals surface area contributed by atoms with Gasteiger partial charge in [-0.2, -0.15) is 0 Å². The van der Waals surface area contributed by atoms with Gasteiger partial charge < -0.3 is 5.32 Å². The Balaban J connectivity index is 2.76. The molecule has 0 radical (unpaired) electrons. The molecule has 56 valence electrons. The molecule has 0 amide bonds. The summed E-state index contributed by atoms with van der Waals surface area (Å²) in [6.07, 6.45) is 5.58. The van der Waals surface area contributed by atoms with Gasteiger partial charge in [-0.1, -0.05) is 11.6 Å². The predicted octanol–water partition coefficient (Wildman–Crippen LogP) is 1.16. The van der Waals surface area contributed by atoms with Gasteiger partial charge in [0.1, 0.15) is 5.66 Å². The number of nitrogens with one attached hydrogen (secondary N) is 2.